The summed E-state index contributed by atoms with van der Waals surface area (Å²) < 4.78 is 14.0. The highest BCUT2D eigenvalue weighted by Crippen LogP contribution is 2.48. The molecule has 1 aromatic heterocycles. The number of hydrogen-bond donors (Lipinski definition) is 2. The Morgan fingerprint density at radius 2 is 2.04 bits per heavy atom. The standard InChI is InChI=1S/C17H20FN3S.HI/c1-19-16(20-10-13-6-9-22-11-13)21-12-17(7-8-17)14-4-2-3-5-15(14)18;/h2-6,9,11H,7-8,10,12H2,1H3,(H2,19,20,21);1H. The molecular weight excluding hydrogens is 424 g/mol. The van der Waals surface area contributed by atoms with Gasteiger partial charge in [-0.2, -0.15) is 11.3 Å². The van der Waals surface area contributed by atoms with E-state index in [2.05, 4.69) is 32.5 Å². The molecule has 0 atom stereocenters. The van der Waals surface area contributed by atoms with Gasteiger partial charge in [0.15, 0.2) is 5.96 Å². The van der Waals surface area contributed by atoms with E-state index in [-0.39, 0.29) is 35.2 Å². The molecule has 0 radical (unpaired) electrons. The van der Waals surface area contributed by atoms with Gasteiger partial charge in [0.2, 0.25) is 0 Å². The van der Waals surface area contributed by atoms with E-state index in [4.69, 9.17) is 0 Å². The Labute approximate surface area is 157 Å². The summed E-state index contributed by atoms with van der Waals surface area (Å²) in [5.74, 6) is 0.650. The molecule has 124 valence electrons. The molecule has 0 aliphatic heterocycles. The third-order valence-electron chi connectivity index (χ3n) is 4.16. The average Bonchev–Trinajstić information content (AvgIpc) is 3.13. The van der Waals surface area contributed by atoms with Gasteiger partial charge in [-0.25, -0.2) is 4.39 Å². The smallest absolute Gasteiger partial charge is 0.191 e. The van der Waals surface area contributed by atoms with Crippen molar-refractivity contribution in [1.82, 2.24) is 10.6 Å². The molecule has 0 amide bonds. The topological polar surface area (TPSA) is 36.4 Å². The van der Waals surface area contributed by atoms with Crippen LogP contribution in [0.2, 0.25) is 0 Å². The van der Waals surface area contributed by atoms with Crippen LogP contribution < -0.4 is 10.6 Å². The molecule has 1 aliphatic rings. The van der Waals surface area contributed by atoms with Crippen LogP contribution in [0.3, 0.4) is 0 Å². The molecule has 1 fully saturated rings. The van der Waals surface area contributed by atoms with E-state index in [0.29, 0.717) is 6.54 Å². The first-order valence-electron chi connectivity index (χ1n) is 7.44. The number of rotatable bonds is 5. The van der Waals surface area contributed by atoms with Crippen molar-refractivity contribution in [3.05, 3.63) is 58.0 Å². The van der Waals surface area contributed by atoms with Crippen LogP contribution in [0.1, 0.15) is 24.0 Å². The predicted octanol–water partition coefficient (Wildman–Crippen LogP) is 3.90. The molecule has 0 saturated heterocycles. The van der Waals surface area contributed by atoms with E-state index < -0.39 is 0 Å². The Balaban J connectivity index is 0.00000192. The second kappa shape index (κ2) is 8.10. The second-order valence-electron chi connectivity index (χ2n) is 5.67. The third kappa shape index (κ3) is 4.44. The molecule has 23 heavy (non-hydrogen) atoms. The fourth-order valence-corrected chi connectivity index (χ4v) is 3.30. The summed E-state index contributed by atoms with van der Waals surface area (Å²) in [4.78, 5) is 4.24. The van der Waals surface area contributed by atoms with Gasteiger partial charge in [0.25, 0.3) is 0 Å². The van der Waals surface area contributed by atoms with E-state index in [0.717, 1.165) is 30.9 Å². The fourth-order valence-electron chi connectivity index (χ4n) is 2.64. The lowest BCUT2D eigenvalue weighted by atomic mass is 9.95. The molecule has 0 unspecified atom stereocenters. The highest BCUT2D eigenvalue weighted by molar-refractivity contribution is 14.0. The fraction of sp³-hybridized carbons (Fsp3) is 0.353. The Bertz CT molecular complexity index is 654. The first-order chi connectivity index (χ1) is 10.7. The van der Waals surface area contributed by atoms with Crippen LogP contribution in [0, 0.1) is 5.82 Å². The van der Waals surface area contributed by atoms with Gasteiger partial charge in [-0.1, -0.05) is 18.2 Å². The molecule has 2 aromatic rings. The van der Waals surface area contributed by atoms with Gasteiger partial charge in [0, 0.05) is 25.6 Å². The molecule has 2 N–H and O–H groups in total. The molecule has 1 heterocycles. The molecule has 6 heteroatoms. The van der Waals surface area contributed by atoms with Crippen LogP contribution in [0.4, 0.5) is 4.39 Å². The van der Waals surface area contributed by atoms with Crippen LogP contribution in [-0.2, 0) is 12.0 Å². The van der Waals surface area contributed by atoms with Crippen molar-refractivity contribution in [1.29, 1.82) is 0 Å². The van der Waals surface area contributed by atoms with E-state index in [9.17, 15) is 4.39 Å². The third-order valence-corrected chi connectivity index (χ3v) is 4.89. The number of hydrogen-bond acceptors (Lipinski definition) is 2. The van der Waals surface area contributed by atoms with E-state index >= 15 is 0 Å². The lowest BCUT2D eigenvalue weighted by molar-refractivity contribution is 0.559. The van der Waals surface area contributed by atoms with Crippen molar-refractivity contribution in [2.24, 2.45) is 4.99 Å². The van der Waals surface area contributed by atoms with Crippen molar-refractivity contribution in [2.75, 3.05) is 13.6 Å². The highest BCUT2D eigenvalue weighted by atomic mass is 127. The molecule has 3 rings (SSSR count). The summed E-state index contributed by atoms with van der Waals surface area (Å²) in [6, 6.07) is 9.17. The van der Waals surface area contributed by atoms with Crippen molar-refractivity contribution in [2.45, 2.75) is 24.8 Å². The van der Waals surface area contributed by atoms with Gasteiger partial charge < -0.3 is 10.6 Å². The van der Waals surface area contributed by atoms with Gasteiger partial charge >= 0.3 is 0 Å². The van der Waals surface area contributed by atoms with Gasteiger partial charge in [0.1, 0.15) is 5.82 Å². The minimum atomic E-state index is -0.108. The van der Waals surface area contributed by atoms with Crippen molar-refractivity contribution in [3.8, 4) is 0 Å². The van der Waals surface area contributed by atoms with Crippen LogP contribution in [0.15, 0.2) is 46.1 Å². The number of guanidine groups is 1. The summed E-state index contributed by atoms with van der Waals surface area (Å²) in [6.45, 7) is 1.45. The van der Waals surface area contributed by atoms with E-state index in [1.807, 2.05) is 12.1 Å². The zero-order valence-electron chi connectivity index (χ0n) is 13.0. The second-order valence-corrected chi connectivity index (χ2v) is 6.45. The monoisotopic (exact) mass is 445 g/mol. The molecule has 3 nitrogen and oxygen atoms in total. The van der Waals surface area contributed by atoms with Crippen LogP contribution in [0.5, 0.6) is 0 Å². The first kappa shape index (κ1) is 18.2. The summed E-state index contributed by atoms with van der Waals surface area (Å²) in [5.41, 5.74) is 1.98. The van der Waals surface area contributed by atoms with Crippen molar-refractivity contribution >= 4 is 41.3 Å². The van der Waals surface area contributed by atoms with Crippen LogP contribution in [-0.4, -0.2) is 19.6 Å². The Kier molecular flexibility index (Phi) is 6.41. The van der Waals surface area contributed by atoms with E-state index in [1.54, 1.807) is 30.5 Å². The number of thiophene rings is 1. The van der Waals surface area contributed by atoms with Gasteiger partial charge in [-0.05, 0) is 46.9 Å². The van der Waals surface area contributed by atoms with Crippen molar-refractivity contribution < 1.29 is 4.39 Å². The minimum absolute atomic E-state index is 0. The Morgan fingerprint density at radius 1 is 1.26 bits per heavy atom. The highest BCUT2D eigenvalue weighted by Gasteiger charge is 2.45. The van der Waals surface area contributed by atoms with Gasteiger partial charge in [-0.15, -0.1) is 24.0 Å². The number of nitrogens with zero attached hydrogens (tertiary/aromatic N) is 1. The van der Waals surface area contributed by atoms with Gasteiger partial charge in [0.05, 0.1) is 0 Å². The number of nitrogens with one attached hydrogen (secondary N) is 2. The maximum atomic E-state index is 14.0. The molecule has 1 aliphatic carbocycles. The lowest BCUT2D eigenvalue weighted by Crippen LogP contribution is -2.41. The summed E-state index contributed by atoms with van der Waals surface area (Å²) in [6.07, 6.45) is 2.03. The summed E-state index contributed by atoms with van der Waals surface area (Å²) >= 11 is 1.68. The Morgan fingerprint density at radius 3 is 2.65 bits per heavy atom. The van der Waals surface area contributed by atoms with Gasteiger partial charge in [-0.3, -0.25) is 4.99 Å². The zero-order valence-corrected chi connectivity index (χ0v) is 16.2. The quantitative estimate of drug-likeness (QED) is 0.416. The zero-order chi connectivity index (χ0) is 15.4. The molecule has 1 saturated carbocycles. The molecule has 0 bridgehead atoms. The number of halogens is 2. The normalized spacial score (nSPS) is 15.7. The first-order valence-corrected chi connectivity index (χ1v) is 8.38. The number of benzene rings is 1. The lowest BCUT2D eigenvalue weighted by Gasteiger charge is -2.19. The molecule has 0 spiro atoms. The van der Waals surface area contributed by atoms with Crippen LogP contribution in [0.25, 0.3) is 0 Å². The maximum Gasteiger partial charge on any atom is 0.191 e. The van der Waals surface area contributed by atoms with Crippen LogP contribution >= 0.6 is 35.3 Å². The predicted molar refractivity (Wildman–Crippen MR) is 105 cm³/mol. The average molecular weight is 445 g/mol. The maximum absolute atomic E-state index is 14.0. The SMILES string of the molecule is CN=C(NCc1ccsc1)NCC1(c2ccccc2F)CC1.I. The van der Waals surface area contributed by atoms with Crippen molar-refractivity contribution in [3.63, 3.8) is 0 Å². The Hall–Kier alpha value is -1.15. The molecule has 1 aromatic carbocycles. The summed E-state index contributed by atoms with van der Waals surface area (Å²) in [5, 5.41) is 10.8. The van der Waals surface area contributed by atoms with E-state index in [1.165, 1.54) is 5.56 Å². The number of aliphatic imine (C=N–C) groups is 1. The molecular formula is C17H21FIN3S. The summed E-state index contributed by atoms with van der Waals surface area (Å²) in [7, 11) is 1.76. The largest absolute Gasteiger partial charge is 0.356 e. The minimum Gasteiger partial charge on any atom is -0.356 e.